The van der Waals surface area contributed by atoms with Crippen LogP contribution in [0.2, 0.25) is 0 Å². The average Bonchev–Trinajstić information content (AvgIpc) is 3.14. The predicted octanol–water partition coefficient (Wildman–Crippen LogP) is 7.56. The molecule has 1 fully saturated rings. The zero-order valence-corrected chi connectivity index (χ0v) is 30.5. The number of amides is 1. The number of benzene rings is 3. The first-order valence-corrected chi connectivity index (χ1v) is 17.5. The summed E-state index contributed by atoms with van der Waals surface area (Å²) >= 11 is 0. The second kappa shape index (κ2) is 15.7. The number of carbonyl (C=O) groups is 1. The summed E-state index contributed by atoms with van der Waals surface area (Å²) in [4.78, 5) is 24.4. The molecule has 0 radical (unpaired) electrons. The highest BCUT2D eigenvalue weighted by Gasteiger charge is 2.56. The molecule has 1 atom stereocenters. The lowest BCUT2D eigenvalue weighted by Crippen LogP contribution is -2.63. The van der Waals surface area contributed by atoms with Crippen molar-refractivity contribution in [2.45, 2.75) is 51.6 Å². The Morgan fingerprint density at radius 1 is 0.846 bits per heavy atom. The number of pyridine rings is 2. The monoisotopic (exact) mass is 705 g/mol. The SMILES string of the molecule is COCC1(COC)CN(C(=O)OC(C)(C)C)CCC1(O)c1ccc2ncc(-c3ccc(OCc4ccccc4)nc3OCc3ccccc3)cc2c1. The Labute approximate surface area is 305 Å². The highest BCUT2D eigenvalue weighted by Crippen LogP contribution is 2.48. The minimum Gasteiger partial charge on any atom is -0.473 e. The van der Waals surface area contributed by atoms with Crippen LogP contribution in [0, 0.1) is 5.41 Å². The summed E-state index contributed by atoms with van der Waals surface area (Å²) in [6.07, 6.45) is 1.62. The number of aromatic nitrogens is 2. The molecule has 5 aromatic rings. The van der Waals surface area contributed by atoms with Gasteiger partial charge in [-0.15, -0.1) is 0 Å². The standard InChI is InChI=1S/C42H47N3O7/c1-40(2,3)52-39(46)45-21-20-42(47,41(27-45,28-48-4)29-49-5)34-16-18-36-32(23-34)22-33(24-43-36)35-17-19-37(50-25-30-12-8-6-9-13-30)44-38(35)51-26-31-14-10-7-11-15-31/h6-19,22-24,47H,20-21,25-29H2,1-5H3. The van der Waals surface area contributed by atoms with E-state index in [1.54, 1.807) is 25.3 Å². The van der Waals surface area contributed by atoms with E-state index in [1.165, 1.54) is 0 Å². The third kappa shape index (κ3) is 8.20. The van der Waals surface area contributed by atoms with Crippen LogP contribution in [0.4, 0.5) is 4.79 Å². The topological polar surface area (TPSA) is 112 Å². The molecule has 1 amide bonds. The van der Waals surface area contributed by atoms with Crippen LogP contribution in [-0.2, 0) is 33.0 Å². The number of aliphatic hydroxyl groups is 1. The van der Waals surface area contributed by atoms with Crippen molar-refractivity contribution in [2.24, 2.45) is 5.41 Å². The fourth-order valence-corrected chi connectivity index (χ4v) is 6.82. The van der Waals surface area contributed by atoms with Gasteiger partial charge in [0.1, 0.15) is 24.4 Å². The van der Waals surface area contributed by atoms with E-state index >= 15 is 0 Å². The lowest BCUT2D eigenvalue weighted by Gasteiger charge is -2.53. The Hall–Kier alpha value is -5.03. The molecule has 0 aliphatic carbocycles. The van der Waals surface area contributed by atoms with Crippen LogP contribution < -0.4 is 9.47 Å². The first kappa shape index (κ1) is 36.8. The zero-order chi connectivity index (χ0) is 36.8. The van der Waals surface area contributed by atoms with Gasteiger partial charge in [0, 0.05) is 56.1 Å². The number of carbonyl (C=O) groups excluding carboxylic acids is 1. The quantitative estimate of drug-likeness (QED) is 0.141. The van der Waals surface area contributed by atoms with E-state index < -0.39 is 22.7 Å². The van der Waals surface area contributed by atoms with Crippen molar-refractivity contribution in [2.75, 3.05) is 40.5 Å². The van der Waals surface area contributed by atoms with Gasteiger partial charge in [0.2, 0.25) is 11.8 Å². The van der Waals surface area contributed by atoms with Crippen LogP contribution in [0.5, 0.6) is 11.8 Å². The number of fused-ring (bicyclic) bond motifs is 1. The maximum Gasteiger partial charge on any atom is 0.410 e. The summed E-state index contributed by atoms with van der Waals surface area (Å²) in [6.45, 7) is 6.99. The van der Waals surface area contributed by atoms with Crippen LogP contribution in [0.25, 0.3) is 22.0 Å². The Morgan fingerprint density at radius 2 is 1.50 bits per heavy atom. The molecule has 0 spiro atoms. The number of hydrogen-bond acceptors (Lipinski definition) is 9. The van der Waals surface area contributed by atoms with Crippen LogP contribution in [0.3, 0.4) is 0 Å². The summed E-state index contributed by atoms with van der Waals surface area (Å²) in [5.41, 5.74) is 1.99. The second-order valence-corrected chi connectivity index (χ2v) is 14.3. The molecule has 272 valence electrons. The molecule has 3 heterocycles. The lowest BCUT2D eigenvalue weighted by molar-refractivity contribution is -0.184. The van der Waals surface area contributed by atoms with E-state index in [2.05, 4.69) is 0 Å². The molecule has 6 rings (SSSR count). The highest BCUT2D eigenvalue weighted by molar-refractivity contribution is 5.85. The van der Waals surface area contributed by atoms with Crippen LogP contribution in [0.15, 0.2) is 103 Å². The summed E-state index contributed by atoms with van der Waals surface area (Å²) in [5, 5.41) is 13.5. The fourth-order valence-electron chi connectivity index (χ4n) is 6.82. The first-order chi connectivity index (χ1) is 25.0. The van der Waals surface area contributed by atoms with Crippen molar-refractivity contribution in [3.05, 3.63) is 120 Å². The predicted molar refractivity (Wildman–Crippen MR) is 199 cm³/mol. The lowest BCUT2D eigenvalue weighted by atomic mass is 9.64. The van der Waals surface area contributed by atoms with Gasteiger partial charge >= 0.3 is 6.09 Å². The summed E-state index contributed by atoms with van der Waals surface area (Å²) in [5.74, 6) is 0.860. The largest absolute Gasteiger partial charge is 0.473 e. The smallest absolute Gasteiger partial charge is 0.410 e. The van der Waals surface area contributed by atoms with Gasteiger partial charge in [-0.25, -0.2) is 4.79 Å². The van der Waals surface area contributed by atoms with Gasteiger partial charge in [-0.05, 0) is 68.1 Å². The van der Waals surface area contributed by atoms with E-state index in [4.69, 9.17) is 33.7 Å². The van der Waals surface area contributed by atoms with Crippen molar-refractivity contribution < 1.29 is 33.6 Å². The third-order valence-corrected chi connectivity index (χ3v) is 9.36. The first-order valence-electron chi connectivity index (χ1n) is 17.5. The van der Waals surface area contributed by atoms with Gasteiger partial charge in [0.05, 0.1) is 24.1 Å². The molecule has 1 saturated heterocycles. The Bertz CT molecular complexity index is 1960. The van der Waals surface area contributed by atoms with E-state index in [0.717, 1.165) is 33.2 Å². The molecular formula is C42H47N3O7. The number of ether oxygens (including phenoxy) is 5. The second-order valence-electron chi connectivity index (χ2n) is 14.3. The Kier molecular flexibility index (Phi) is 11.1. The van der Waals surface area contributed by atoms with Gasteiger partial charge in [-0.1, -0.05) is 66.7 Å². The molecule has 10 nitrogen and oxygen atoms in total. The number of piperidine rings is 1. The number of rotatable bonds is 12. The van der Waals surface area contributed by atoms with Crippen molar-refractivity contribution in [3.8, 4) is 22.9 Å². The van der Waals surface area contributed by atoms with Gasteiger partial charge in [0.15, 0.2) is 0 Å². The van der Waals surface area contributed by atoms with E-state index in [1.807, 2.05) is 118 Å². The summed E-state index contributed by atoms with van der Waals surface area (Å²) in [7, 11) is 3.18. The molecule has 52 heavy (non-hydrogen) atoms. The van der Waals surface area contributed by atoms with E-state index in [-0.39, 0.29) is 26.2 Å². The molecule has 1 aliphatic heterocycles. The average molecular weight is 706 g/mol. The summed E-state index contributed by atoms with van der Waals surface area (Å²) in [6, 6.07) is 31.4. The Morgan fingerprint density at radius 3 is 2.13 bits per heavy atom. The van der Waals surface area contributed by atoms with Gasteiger partial charge in [0.25, 0.3) is 0 Å². The number of methoxy groups -OCH3 is 2. The molecule has 3 aromatic carbocycles. The Balaban J connectivity index is 1.34. The van der Waals surface area contributed by atoms with Crippen LogP contribution >= 0.6 is 0 Å². The normalized spacial score (nSPS) is 17.2. The fraction of sp³-hybridized carbons (Fsp3) is 0.357. The maximum absolute atomic E-state index is 13.2. The van der Waals surface area contributed by atoms with Crippen molar-refractivity contribution in [3.63, 3.8) is 0 Å². The van der Waals surface area contributed by atoms with Crippen LogP contribution in [-0.4, -0.2) is 72.2 Å². The van der Waals surface area contributed by atoms with Gasteiger partial charge < -0.3 is 33.7 Å². The van der Waals surface area contributed by atoms with E-state index in [9.17, 15) is 9.90 Å². The highest BCUT2D eigenvalue weighted by atomic mass is 16.6. The molecule has 1 N–H and O–H groups in total. The van der Waals surface area contributed by atoms with Crippen molar-refractivity contribution in [1.82, 2.24) is 14.9 Å². The van der Waals surface area contributed by atoms with Crippen molar-refractivity contribution in [1.29, 1.82) is 0 Å². The van der Waals surface area contributed by atoms with Gasteiger partial charge in [-0.3, -0.25) is 4.98 Å². The molecular weight excluding hydrogens is 658 g/mol. The van der Waals surface area contributed by atoms with Crippen LogP contribution in [0.1, 0.15) is 43.9 Å². The minimum absolute atomic E-state index is 0.152. The molecule has 1 unspecified atom stereocenters. The molecule has 1 aliphatic rings. The number of hydrogen-bond donors (Lipinski definition) is 1. The van der Waals surface area contributed by atoms with Crippen molar-refractivity contribution >= 4 is 17.0 Å². The van der Waals surface area contributed by atoms with Gasteiger partial charge in [-0.2, -0.15) is 4.98 Å². The molecule has 10 heteroatoms. The maximum atomic E-state index is 13.2. The summed E-state index contributed by atoms with van der Waals surface area (Å²) < 4.78 is 29.5. The zero-order valence-electron chi connectivity index (χ0n) is 30.5. The molecule has 2 aromatic heterocycles. The minimum atomic E-state index is -1.40. The number of nitrogens with zero attached hydrogens (tertiary/aromatic N) is 3. The van der Waals surface area contributed by atoms with E-state index in [0.29, 0.717) is 37.1 Å². The third-order valence-electron chi connectivity index (χ3n) is 9.36. The molecule has 0 bridgehead atoms. The molecule has 0 saturated carbocycles. The number of likely N-dealkylation sites (tertiary alicyclic amines) is 1.